The van der Waals surface area contributed by atoms with Crippen molar-refractivity contribution in [2.24, 2.45) is 4.99 Å². The second-order valence-corrected chi connectivity index (χ2v) is 3.70. The number of aliphatic imine (C=N–C) groups is 1. The van der Waals surface area contributed by atoms with E-state index in [1.54, 1.807) is 24.4 Å². The van der Waals surface area contributed by atoms with Crippen molar-refractivity contribution in [3.8, 4) is 5.75 Å². The lowest BCUT2D eigenvalue weighted by atomic mass is 10.1. The standard InChI is InChI=1S/C14H14N2O/c15-12-6-2-1-5-11(12)9-10-16-13-7-3-4-8-14(13)17/h1-8,10,17H,9,15H2. The van der Waals surface area contributed by atoms with Crippen LogP contribution in [0, 0.1) is 0 Å². The Balaban J connectivity index is 2.09. The molecule has 3 nitrogen and oxygen atoms in total. The summed E-state index contributed by atoms with van der Waals surface area (Å²) in [6.45, 7) is 0. The van der Waals surface area contributed by atoms with Crippen LogP contribution >= 0.6 is 0 Å². The topological polar surface area (TPSA) is 58.6 Å². The zero-order valence-electron chi connectivity index (χ0n) is 9.38. The van der Waals surface area contributed by atoms with Crippen LogP contribution < -0.4 is 5.73 Å². The van der Waals surface area contributed by atoms with Crippen LogP contribution in [0.5, 0.6) is 5.75 Å². The summed E-state index contributed by atoms with van der Waals surface area (Å²) < 4.78 is 0. The summed E-state index contributed by atoms with van der Waals surface area (Å²) in [6, 6.07) is 14.7. The number of benzene rings is 2. The first-order valence-corrected chi connectivity index (χ1v) is 5.41. The van der Waals surface area contributed by atoms with Crippen molar-refractivity contribution in [3.63, 3.8) is 0 Å². The van der Waals surface area contributed by atoms with Gasteiger partial charge in [-0.2, -0.15) is 0 Å². The van der Waals surface area contributed by atoms with Gasteiger partial charge in [-0.3, -0.25) is 4.99 Å². The van der Waals surface area contributed by atoms with Gasteiger partial charge in [0.15, 0.2) is 0 Å². The smallest absolute Gasteiger partial charge is 0.141 e. The highest BCUT2D eigenvalue weighted by atomic mass is 16.3. The van der Waals surface area contributed by atoms with Crippen LogP contribution in [0.3, 0.4) is 0 Å². The quantitative estimate of drug-likeness (QED) is 0.624. The molecule has 0 saturated carbocycles. The summed E-state index contributed by atoms with van der Waals surface area (Å²) >= 11 is 0. The van der Waals surface area contributed by atoms with E-state index in [0.29, 0.717) is 12.1 Å². The van der Waals surface area contributed by atoms with Gasteiger partial charge in [0, 0.05) is 18.3 Å². The van der Waals surface area contributed by atoms with Gasteiger partial charge >= 0.3 is 0 Å². The lowest BCUT2D eigenvalue weighted by Gasteiger charge is -2.01. The molecule has 3 heteroatoms. The Labute approximate surface area is 100 Å². The molecule has 0 aliphatic rings. The van der Waals surface area contributed by atoms with Crippen molar-refractivity contribution in [1.82, 2.24) is 0 Å². The number of phenols is 1. The molecular weight excluding hydrogens is 212 g/mol. The van der Waals surface area contributed by atoms with Crippen molar-refractivity contribution < 1.29 is 5.11 Å². The van der Waals surface area contributed by atoms with Crippen LogP contribution in [0.4, 0.5) is 11.4 Å². The van der Waals surface area contributed by atoms with Crippen LogP contribution in [0.25, 0.3) is 0 Å². The van der Waals surface area contributed by atoms with Gasteiger partial charge in [0.25, 0.3) is 0 Å². The highest BCUT2D eigenvalue weighted by molar-refractivity contribution is 5.70. The lowest BCUT2D eigenvalue weighted by Crippen LogP contribution is -1.94. The molecule has 0 unspecified atom stereocenters. The molecule has 86 valence electrons. The number of para-hydroxylation sites is 3. The highest BCUT2D eigenvalue weighted by Crippen LogP contribution is 2.24. The number of nitrogens with two attached hydrogens (primary N) is 1. The minimum absolute atomic E-state index is 0.185. The van der Waals surface area contributed by atoms with Crippen molar-refractivity contribution in [1.29, 1.82) is 0 Å². The SMILES string of the molecule is Nc1ccccc1CC=Nc1ccccc1O. The number of hydrogen-bond acceptors (Lipinski definition) is 3. The fourth-order valence-corrected chi connectivity index (χ4v) is 1.54. The van der Waals surface area contributed by atoms with E-state index in [1.165, 1.54) is 0 Å². The molecule has 0 aromatic heterocycles. The summed E-state index contributed by atoms with van der Waals surface area (Å²) in [5.41, 5.74) is 8.18. The molecule has 0 bridgehead atoms. The Kier molecular flexibility index (Phi) is 3.40. The first kappa shape index (κ1) is 11.2. The Hall–Kier alpha value is -2.29. The van der Waals surface area contributed by atoms with Gasteiger partial charge < -0.3 is 10.8 Å². The summed E-state index contributed by atoms with van der Waals surface area (Å²) in [6.07, 6.45) is 2.40. The van der Waals surface area contributed by atoms with E-state index in [4.69, 9.17) is 5.73 Å². The van der Waals surface area contributed by atoms with Crippen molar-refractivity contribution in [2.75, 3.05) is 5.73 Å². The van der Waals surface area contributed by atoms with E-state index in [2.05, 4.69) is 4.99 Å². The van der Waals surface area contributed by atoms with E-state index in [1.807, 2.05) is 30.3 Å². The maximum absolute atomic E-state index is 9.52. The number of anilines is 1. The predicted octanol–water partition coefficient (Wildman–Crippen LogP) is 2.92. The Bertz CT molecular complexity index is 535. The lowest BCUT2D eigenvalue weighted by molar-refractivity contribution is 0.477. The molecule has 0 fully saturated rings. The molecule has 0 aliphatic heterocycles. The number of phenolic OH excluding ortho intramolecular Hbond substituents is 1. The second kappa shape index (κ2) is 5.16. The van der Waals surface area contributed by atoms with Crippen LogP contribution in [0.2, 0.25) is 0 Å². The molecule has 0 radical (unpaired) electrons. The molecule has 0 heterocycles. The Morgan fingerprint density at radius 2 is 1.76 bits per heavy atom. The van der Waals surface area contributed by atoms with E-state index >= 15 is 0 Å². The van der Waals surface area contributed by atoms with Gasteiger partial charge in [0.05, 0.1) is 0 Å². The molecule has 0 saturated heterocycles. The van der Waals surface area contributed by atoms with Crippen LogP contribution in [-0.2, 0) is 6.42 Å². The fourth-order valence-electron chi connectivity index (χ4n) is 1.54. The second-order valence-electron chi connectivity index (χ2n) is 3.70. The van der Waals surface area contributed by atoms with E-state index in [0.717, 1.165) is 11.3 Å². The maximum atomic E-state index is 9.52. The zero-order valence-corrected chi connectivity index (χ0v) is 9.38. The van der Waals surface area contributed by atoms with E-state index in [9.17, 15) is 5.11 Å². The Morgan fingerprint density at radius 1 is 1.06 bits per heavy atom. The van der Waals surface area contributed by atoms with E-state index in [-0.39, 0.29) is 5.75 Å². The zero-order chi connectivity index (χ0) is 12.1. The molecule has 0 aliphatic carbocycles. The first-order valence-electron chi connectivity index (χ1n) is 5.41. The van der Waals surface area contributed by atoms with Crippen molar-refractivity contribution >= 4 is 17.6 Å². The van der Waals surface area contributed by atoms with Gasteiger partial charge in [0.1, 0.15) is 11.4 Å². The molecule has 3 N–H and O–H groups in total. The van der Waals surface area contributed by atoms with E-state index < -0.39 is 0 Å². The number of rotatable bonds is 3. The van der Waals surface area contributed by atoms with Crippen molar-refractivity contribution in [3.05, 3.63) is 54.1 Å². The normalized spacial score (nSPS) is 10.8. The average molecular weight is 226 g/mol. The predicted molar refractivity (Wildman–Crippen MR) is 70.8 cm³/mol. The number of aromatic hydroxyl groups is 1. The molecule has 2 aromatic carbocycles. The van der Waals surface area contributed by atoms with Crippen LogP contribution in [0.15, 0.2) is 53.5 Å². The van der Waals surface area contributed by atoms with Crippen LogP contribution in [-0.4, -0.2) is 11.3 Å². The summed E-state index contributed by atoms with van der Waals surface area (Å²) in [5.74, 6) is 0.185. The van der Waals surface area contributed by atoms with Gasteiger partial charge in [0.2, 0.25) is 0 Å². The fraction of sp³-hybridized carbons (Fsp3) is 0.0714. The summed E-state index contributed by atoms with van der Waals surface area (Å²) in [4.78, 5) is 4.21. The Morgan fingerprint density at radius 3 is 2.53 bits per heavy atom. The molecular formula is C14H14N2O. The van der Waals surface area contributed by atoms with Gasteiger partial charge in [-0.05, 0) is 23.8 Å². The molecule has 17 heavy (non-hydrogen) atoms. The third kappa shape index (κ3) is 2.84. The number of nitrogens with zero attached hydrogens (tertiary/aromatic N) is 1. The molecule has 0 spiro atoms. The monoisotopic (exact) mass is 226 g/mol. The van der Waals surface area contributed by atoms with Gasteiger partial charge in [-0.15, -0.1) is 0 Å². The highest BCUT2D eigenvalue weighted by Gasteiger charge is 1.97. The number of hydrogen-bond donors (Lipinski definition) is 2. The first-order chi connectivity index (χ1) is 8.27. The summed E-state index contributed by atoms with van der Waals surface area (Å²) in [5, 5.41) is 9.52. The molecule has 0 amide bonds. The van der Waals surface area contributed by atoms with Gasteiger partial charge in [-0.1, -0.05) is 30.3 Å². The third-order valence-electron chi connectivity index (χ3n) is 2.48. The molecule has 0 atom stereocenters. The van der Waals surface area contributed by atoms with Crippen molar-refractivity contribution in [2.45, 2.75) is 6.42 Å². The average Bonchev–Trinajstić information content (AvgIpc) is 2.34. The van der Waals surface area contributed by atoms with Crippen LogP contribution in [0.1, 0.15) is 5.56 Å². The molecule has 2 aromatic rings. The minimum Gasteiger partial charge on any atom is -0.506 e. The maximum Gasteiger partial charge on any atom is 0.141 e. The third-order valence-corrected chi connectivity index (χ3v) is 2.48. The number of nitrogen functional groups attached to an aromatic ring is 1. The minimum atomic E-state index is 0.185. The largest absolute Gasteiger partial charge is 0.506 e. The summed E-state index contributed by atoms with van der Waals surface area (Å²) in [7, 11) is 0. The molecule has 2 rings (SSSR count). The van der Waals surface area contributed by atoms with Gasteiger partial charge in [-0.25, -0.2) is 0 Å².